The lowest BCUT2D eigenvalue weighted by Crippen LogP contribution is -2.61. The summed E-state index contributed by atoms with van der Waals surface area (Å²) in [6.45, 7) is 5.61. The van der Waals surface area contributed by atoms with Gasteiger partial charge in [0.1, 0.15) is 23.8 Å². The Morgan fingerprint density at radius 1 is 0.865 bits per heavy atom. The SMILES string of the molecule is CCOC(=O)c1c(-c2ccccc2)nc(S[C@@H]2O[C@H](COC(C)=O)[C@H](OC(C)=O)[C@H](OC(C)=O)[C@H]2OC(C)=O)c(C#N)c1-c1ccc(O)c(OC)c1. The molecule has 16 heteroatoms. The number of carbonyl (C=O) groups excluding carboxylic acids is 5. The van der Waals surface area contributed by atoms with Gasteiger partial charge in [-0.05, 0) is 24.6 Å². The second-order valence-corrected chi connectivity index (χ2v) is 12.2. The van der Waals surface area contributed by atoms with Crippen molar-refractivity contribution in [1.82, 2.24) is 4.98 Å². The predicted octanol–water partition coefficient (Wildman–Crippen LogP) is 4.35. The largest absolute Gasteiger partial charge is 0.504 e. The third kappa shape index (κ3) is 9.16. The van der Waals surface area contributed by atoms with Gasteiger partial charge in [0.05, 0.1) is 30.5 Å². The van der Waals surface area contributed by atoms with Crippen LogP contribution in [0.5, 0.6) is 11.5 Å². The number of pyridine rings is 1. The fourth-order valence-corrected chi connectivity index (χ4v) is 6.65. The van der Waals surface area contributed by atoms with E-state index in [1.807, 2.05) is 0 Å². The lowest BCUT2D eigenvalue weighted by molar-refractivity contribution is -0.237. The second kappa shape index (κ2) is 17.5. The molecule has 3 aromatic rings. The smallest absolute Gasteiger partial charge is 0.341 e. The Balaban J connectivity index is 2.04. The first-order chi connectivity index (χ1) is 24.8. The first-order valence-corrected chi connectivity index (χ1v) is 16.7. The van der Waals surface area contributed by atoms with Crippen LogP contribution in [0.1, 0.15) is 50.5 Å². The van der Waals surface area contributed by atoms with Crippen molar-refractivity contribution in [3.8, 4) is 40.0 Å². The van der Waals surface area contributed by atoms with Crippen molar-refractivity contribution in [3.63, 3.8) is 0 Å². The quantitative estimate of drug-likeness (QED) is 0.202. The molecule has 15 nitrogen and oxygen atoms in total. The molecule has 0 amide bonds. The van der Waals surface area contributed by atoms with Crippen molar-refractivity contribution >= 4 is 41.6 Å². The van der Waals surface area contributed by atoms with E-state index in [9.17, 15) is 34.3 Å². The average Bonchev–Trinajstić information content (AvgIpc) is 3.09. The van der Waals surface area contributed by atoms with Crippen LogP contribution in [-0.2, 0) is 47.6 Å². The summed E-state index contributed by atoms with van der Waals surface area (Å²) in [4.78, 5) is 67.5. The van der Waals surface area contributed by atoms with Crippen molar-refractivity contribution in [2.45, 2.75) is 69.5 Å². The number of nitriles is 1. The third-order valence-electron chi connectivity index (χ3n) is 7.45. The topological polar surface area (TPSA) is 207 Å². The minimum atomic E-state index is -1.48. The Morgan fingerprint density at radius 3 is 2.08 bits per heavy atom. The molecule has 274 valence electrons. The molecule has 0 radical (unpaired) electrons. The lowest BCUT2D eigenvalue weighted by Gasteiger charge is -2.44. The molecular weight excluding hydrogens is 700 g/mol. The van der Waals surface area contributed by atoms with Gasteiger partial charge in [-0.15, -0.1) is 0 Å². The molecule has 1 saturated heterocycles. The Kier molecular flexibility index (Phi) is 13.2. The second-order valence-electron chi connectivity index (χ2n) is 11.2. The highest BCUT2D eigenvalue weighted by molar-refractivity contribution is 7.99. The Hall–Kier alpha value is -5.66. The van der Waals surface area contributed by atoms with Crippen LogP contribution in [0.25, 0.3) is 22.4 Å². The van der Waals surface area contributed by atoms with Gasteiger partial charge in [0, 0.05) is 38.8 Å². The number of esters is 5. The molecular formula is C36H36N2O13S. The molecule has 1 N–H and O–H groups in total. The minimum Gasteiger partial charge on any atom is -0.504 e. The Labute approximate surface area is 303 Å². The van der Waals surface area contributed by atoms with Crippen LogP contribution < -0.4 is 4.74 Å². The van der Waals surface area contributed by atoms with Crippen LogP contribution in [0.15, 0.2) is 53.6 Å². The van der Waals surface area contributed by atoms with Crippen LogP contribution in [0.4, 0.5) is 0 Å². The molecule has 2 heterocycles. The van der Waals surface area contributed by atoms with E-state index in [-0.39, 0.29) is 51.1 Å². The number of thioether (sulfide) groups is 1. The molecule has 0 bridgehead atoms. The molecule has 52 heavy (non-hydrogen) atoms. The summed E-state index contributed by atoms with van der Waals surface area (Å²) in [6, 6.07) is 15.0. The van der Waals surface area contributed by atoms with Gasteiger partial charge < -0.3 is 38.3 Å². The molecule has 0 aliphatic carbocycles. The number of aromatic nitrogens is 1. The van der Waals surface area contributed by atoms with E-state index in [0.29, 0.717) is 5.56 Å². The maximum atomic E-state index is 13.8. The van der Waals surface area contributed by atoms with Crippen molar-refractivity contribution in [3.05, 3.63) is 59.7 Å². The molecule has 1 aliphatic rings. The van der Waals surface area contributed by atoms with E-state index in [1.54, 1.807) is 37.3 Å². The molecule has 4 rings (SSSR count). The average molecular weight is 737 g/mol. The number of hydrogen-bond donors (Lipinski definition) is 1. The summed E-state index contributed by atoms with van der Waals surface area (Å²) in [6.07, 6.45) is -5.62. The zero-order chi connectivity index (χ0) is 38.1. The van der Waals surface area contributed by atoms with Gasteiger partial charge in [-0.2, -0.15) is 5.26 Å². The summed E-state index contributed by atoms with van der Waals surface area (Å²) in [5.41, 5.74) is -0.645. The van der Waals surface area contributed by atoms with Crippen molar-refractivity contribution in [2.75, 3.05) is 20.3 Å². The molecule has 1 aliphatic heterocycles. The first-order valence-electron chi connectivity index (χ1n) is 15.8. The monoisotopic (exact) mass is 736 g/mol. The number of aromatic hydroxyl groups is 1. The standard InChI is InChI=1S/C36H36N2O13S/c1-7-46-35(44)29-28(23-13-14-25(43)26(15-23)45-6)24(16-37)34(38-30(29)22-11-9-8-10-12-22)52-36-33(50-21(5)42)32(49-20(4)41)31(48-19(3)40)27(51-36)17-47-18(2)39/h8-15,27,31-33,36,43H,7,17H2,1-6H3/t27-,31+,32+,33-,36+/m1/s1. The van der Waals surface area contributed by atoms with Crippen LogP contribution in [0.3, 0.4) is 0 Å². The number of rotatable bonds is 12. The summed E-state index contributed by atoms with van der Waals surface area (Å²) < 4.78 is 38.9. The molecule has 2 aromatic carbocycles. The van der Waals surface area contributed by atoms with E-state index < -0.39 is 66.3 Å². The molecule has 5 atom stereocenters. The van der Waals surface area contributed by atoms with E-state index >= 15 is 0 Å². The number of benzene rings is 2. The van der Waals surface area contributed by atoms with Gasteiger partial charge in [-0.1, -0.05) is 48.2 Å². The van der Waals surface area contributed by atoms with Crippen LogP contribution >= 0.6 is 11.8 Å². The predicted molar refractivity (Wildman–Crippen MR) is 182 cm³/mol. The summed E-state index contributed by atoms with van der Waals surface area (Å²) in [7, 11) is 1.34. The van der Waals surface area contributed by atoms with Gasteiger partial charge in [0.2, 0.25) is 0 Å². The zero-order valence-electron chi connectivity index (χ0n) is 29.1. The van der Waals surface area contributed by atoms with Gasteiger partial charge in [0.15, 0.2) is 35.2 Å². The number of phenols is 1. The number of ether oxygens (including phenoxy) is 7. The van der Waals surface area contributed by atoms with Gasteiger partial charge in [0.25, 0.3) is 0 Å². The number of methoxy groups -OCH3 is 1. The Morgan fingerprint density at radius 2 is 1.50 bits per heavy atom. The van der Waals surface area contributed by atoms with Crippen LogP contribution in [-0.4, -0.2) is 90.1 Å². The number of hydrogen-bond acceptors (Lipinski definition) is 16. The molecule has 0 spiro atoms. The summed E-state index contributed by atoms with van der Waals surface area (Å²) in [5.74, 6) is -4.07. The normalized spacial score (nSPS) is 19.4. The molecule has 1 fully saturated rings. The molecule has 0 saturated carbocycles. The zero-order valence-corrected chi connectivity index (χ0v) is 29.9. The summed E-state index contributed by atoms with van der Waals surface area (Å²) >= 11 is 0.782. The van der Waals surface area contributed by atoms with Crippen LogP contribution in [0.2, 0.25) is 0 Å². The number of phenolic OH excluding ortho intramolecular Hbond substituents is 1. The lowest BCUT2D eigenvalue weighted by atomic mass is 9.92. The number of carbonyl (C=O) groups is 5. The van der Waals surface area contributed by atoms with E-state index in [2.05, 4.69) is 6.07 Å². The summed E-state index contributed by atoms with van der Waals surface area (Å²) in [5, 5.41) is 21.1. The fraction of sp³-hybridized carbons (Fsp3) is 0.361. The minimum absolute atomic E-state index is 0.00543. The highest BCUT2D eigenvalue weighted by Crippen LogP contribution is 2.44. The molecule has 0 unspecified atom stereocenters. The van der Waals surface area contributed by atoms with Crippen molar-refractivity contribution in [1.29, 1.82) is 5.26 Å². The maximum absolute atomic E-state index is 13.8. The number of nitrogens with zero attached hydrogens (tertiary/aromatic N) is 2. The highest BCUT2D eigenvalue weighted by atomic mass is 32.2. The third-order valence-corrected chi connectivity index (χ3v) is 8.58. The van der Waals surface area contributed by atoms with E-state index in [1.165, 1.54) is 25.3 Å². The van der Waals surface area contributed by atoms with Crippen molar-refractivity contribution in [2.24, 2.45) is 0 Å². The van der Waals surface area contributed by atoms with E-state index in [0.717, 1.165) is 39.5 Å². The van der Waals surface area contributed by atoms with Gasteiger partial charge >= 0.3 is 29.8 Å². The van der Waals surface area contributed by atoms with Gasteiger partial charge in [-0.25, -0.2) is 9.78 Å². The van der Waals surface area contributed by atoms with E-state index in [4.69, 9.17) is 38.1 Å². The van der Waals surface area contributed by atoms with Gasteiger partial charge in [-0.3, -0.25) is 19.2 Å². The first kappa shape index (κ1) is 39.1. The Bertz CT molecular complexity index is 1880. The highest BCUT2D eigenvalue weighted by Gasteiger charge is 2.53. The maximum Gasteiger partial charge on any atom is 0.341 e. The molecule has 1 aromatic heterocycles. The fourth-order valence-electron chi connectivity index (χ4n) is 5.48. The van der Waals surface area contributed by atoms with Crippen LogP contribution in [0, 0.1) is 11.3 Å². The van der Waals surface area contributed by atoms with Crippen molar-refractivity contribution < 1.29 is 62.2 Å².